The maximum absolute atomic E-state index is 12.9. The van der Waals surface area contributed by atoms with Crippen LogP contribution in [0.5, 0.6) is 0 Å². The van der Waals surface area contributed by atoms with Gasteiger partial charge >= 0.3 is 5.97 Å². The van der Waals surface area contributed by atoms with Crippen LogP contribution in [-0.2, 0) is 30.4 Å². The van der Waals surface area contributed by atoms with E-state index in [-0.39, 0.29) is 25.2 Å². The number of aliphatic hydroxyl groups excluding tert-OH is 2. The van der Waals surface area contributed by atoms with Crippen LogP contribution < -0.4 is 32.7 Å². The van der Waals surface area contributed by atoms with Crippen LogP contribution in [0.4, 0.5) is 0 Å². The van der Waals surface area contributed by atoms with E-state index in [9.17, 15) is 39.3 Å². The number of rotatable bonds is 19. The molecule has 5 atom stereocenters. The van der Waals surface area contributed by atoms with Gasteiger partial charge in [-0.25, -0.2) is 9.78 Å². The number of hydrogen-bond donors (Lipinski definition) is 10. The van der Waals surface area contributed by atoms with Crippen LogP contribution in [0.15, 0.2) is 12.5 Å². The second-order valence-electron chi connectivity index (χ2n) is 9.73. The quantitative estimate of drug-likeness (QED) is 0.0727. The minimum atomic E-state index is -1.55. The van der Waals surface area contributed by atoms with E-state index >= 15 is 0 Å². The lowest BCUT2D eigenvalue weighted by molar-refractivity contribution is -0.143. The van der Waals surface area contributed by atoms with Gasteiger partial charge in [0.05, 0.1) is 31.3 Å². The van der Waals surface area contributed by atoms with Crippen molar-refractivity contribution >= 4 is 29.6 Å². The van der Waals surface area contributed by atoms with Gasteiger partial charge in [0.15, 0.2) is 0 Å². The molecule has 1 heterocycles. The van der Waals surface area contributed by atoms with Crippen molar-refractivity contribution in [3.8, 4) is 0 Å². The van der Waals surface area contributed by atoms with Gasteiger partial charge in [-0.3, -0.25) is 19.2 Å². The van der Waals surface area contributed by atoms with Crippen molar-refractivity contribution in [1.29, 1.82) is 0 Å². The van der Waals surface area contributed by atoms with E-state index in [0.29, 0.717) is 25.1 Å². The number of H-pyrrole nitrogens is 1. The molecular weight excluding hydrogens is 528 g/mol. The molecule has 1 rings (SSSR count). The molecule has 1 aromatic rings. The van der Waals surface area contributed by atoms with E-state index in [4.69, 9.17) is 11.5 Å². The topological polar surface area (TPSA) is 275 Å². The molecule has 0 aliphatic carbocycles. The highest BCUT2D eigenvalue weighted by Gasteiger charge is 2.31. The molecule has 0 spiro atoms. The first-order chi connectivity index (χ1) is 18.9. The number of nitrogens with zero attached hydrogens (tertiary/aromatic N) is 1. The second-order valence-corrected chi connectivity index (χ2v) is 9.73. The molecule has 16 nitrogen and oxygen atoms in total. The molecule has 0 aromatic carbocycles. The first-order valence-electron chi connectivity index (χ1n) is 13.0. The number of hydrogen-bond acceptors (Lipinski definition) is 10. The smallest absolute Gasteiger partial charge is 0.326 e. The van der Waals surface area contributed by atoms with Crippen LogP contribution >= 0.6 is 0 Å². The number of nitrogens with one attached hydrogen (secondary N) is 5. The highest BCUT2D eigenvalue weighted by atomic mass is 16.4. The van der Waals surface area contributed by atoms with Crippen molar-refractivity contribution in [2.45, 2.75) is 76.2 Å². The number of carboxylic acid groups (broad SMARTS) is 1. The summed E-state index contributed by atoms with van der Waals surface area (Å²) in [6.45, 7) is 2.23. The lowest BCUT2D eigenvalue weighted by atomic mass is 10.0. The Morgan fingerprint density at radius 2 is 1.40 bits per heavy atom. The first-order valence-corrected chi connectivity index (χ1v) is 13.0. The van der Waals surface area contributed by atoms with E-state index in [2.05, 4.69) is 31.2 Å². The molecule has 0 saturated carbocycles. The minimum Gasteiger partial charge on any atom is -0.480 e. The van der Waals surface area contributed by atoms with Crippen LogP contribution in [0.1, 0.15) is 45.2 Å². The molecule has 40 heavy (non-hydrogen) atoms. The molecule has 226 valence electrons. The standard InChI is InChI=1S/C24H42N8O8/c1-13(2)7-17(24(39)40)30-21(36)16(5-3-4-6-25)29-22(37)19(11-34)32-23(38)18(10-33)31-20(35)15(26)8-14-9-27-12-28-14/h9,12-13,15-19,33-34H,3-8,10-11,25-26H2,1-2H3,(H,27,28)(H,29,37)(H,30,36)(H,31,35)(H,32,38)(H,39,40)/t15-,16-,17-,18-,19-/m0/s1. The fourth-order valence-electron chi connectivity index (χ4n) is 3.66. The fraction of sp³-hybridized carbons (Fsp3) is 0.667. The Morgan fingerprint density at radius 1 is 0.875 bits per heavy atom. The highest BCUT2D eigenvalue weighted by molar-refractivity contribution is 5.95. The van der Waals surface area contributed by atoms with E-state index in [1.165, 1.54) is 6.33 Å². The van der Waals surface area contributed by atoms with Gasteiger partial charge in [0.2, 0.25) is 23.6 Å². The summed E-state index contributed by atoms with van der Waals surface area (Å²) in [7, 11) is 0. The summed E-state index contributed by atoms with van der Waals surface area (Å²) in [4.78, 5) is 69.1. The first kappa shape index (κ1) is 34.4. The molecule has 0 aliphatic heterocycles. The van der Waals surface area contributed by atoms with Crippen molar-refractivity contribution in [3.05, 3.63) is 18.2 Å². The molecule has 1 aromatic heterocycles. The highest BCUT2D eigenvalue weighted by Crippen LogP contribution is 2.08. The Morgan fingerprint density at radius 3 is 1.88 bits per heavy atom. The number of aliphatic carboxylic acids is 1. The van der Waals surface area contributed by atoms with E-state index < -0.39 is 73.0 Å². The molecule has 16 heteroatoms. The van der Waals surface area contributed by atoms with Gasteiger partial charge in [-0.05, 0) is 38.1 Å². The summed E-state index contributed by atoms with van der Waals surface area (Å²) in [5.41, 5.74) is 11.9. The summed E-state index contributed by atoms with van der Waals surface area (Å²) in [6.07, 6.45) is 4.27. The molecule has 4 amide bonds. The maximum atomic E-state index is 12.9. The summed E-state index contributed by atoms with van der Waals surface area (Å²) in [5.74, 6) is -4.67. The van der Waals surface area contributed by atoms with Crippen molar-refractivity contribution in [2.75, 3.05) is 19.8 Å². The predicted octanol–water partition coefficient (Wildman–Crippen LogP) is -3.54. The SMILES string of the molecule is CC(C)C[C@H](NC(=O)[C@H](CCCCN)NC(=O)[C@H](CO)NC(=O)[C@H](CO)NC(=O)[C@@H](N)Cc1c[nH]cn1)C(=O)O. The third-order valence-electron chi connectivity index (χ3n) is 5.85. The number of amides is 4. The molecule has 0 bridgehead atoms. The number of carbonyl (C=O) groups excluding carboxylic acids is 4. The van der Waals surface area contributed by atoms with Gasteiger partial charge in [-0.1, -0.05) is 13.8 Å². The van der Waals surface area contributed by atoms with Crippen LogP contribution in [-0.4, -0.2) is 105 Å². The lowest BCUT2D eigenvalue weighted by Gasteiger charge is -2.25. The Labute approximate surface area is 232 Å². The number of aromatic nitrogens is 2. The minimum absolute atomic E-state index is 0.0273. The molecular formula is C24H42N8O8. The van der Waals surface area contributed by atoms with Gasteiger partial charge in [-0.15, -0.1) is 0 Å². The summed E-state index contributed by atoms with van der Waals surface area (Å²) >= 11 is 0. The zero-order chi connectivity index (χ0) is 30.2. The number of aromatic amines is 1. The van der Waals surface area contributed by atoms with Crippen LogP contribution in [0.25, 0.3) is 0 Å². The molecule has 0 saturated heterocycles. The van der Waals surface area contributed by atoms with Gasteiger partial charge in [0, 0.05) is 12.6 Å². The van der Waals surface area contributed by atoms with Crippen molar-refractivity contribution in [2.24, 2.45) is 17.4 Å². The third kappa shape index (κ3) is 12.1. The van der Waals surface area contributed by atoms with E-state index in [0.717, 1.165) is 0 Å². The number of nitrogens with two attached hydrogens (primary N) is 2. The largest absolute Gasteiger partial charge is 0.480 e. The fourth-order valence-corrected chi connectivity index (χ4v) is 3.66. The van der Waals surface area contributed by atoms with Crippen molar-refractivity contribution in [3.63, 3.8) is 0 Å². The van der Waals surface area contributed by atoms with E-state index in [1.807, 2.05) is 0 Å². The van der Waals surface area contributed by atoms with E-state index in [1.54, 1.807) is 20.0 Å². The lowest BCUT2D eigenvalue weighted by Crippen LogP contribution is -2.60. The van der Waals surface area contributed by atoms with Crippen LogP contribution in [0.2, 0.25) is 0 Å². The van der Waals surface area contributed by atoms with Gasteiger partial charge in [0.25, 0.3) is 0 Å². The van der Waals surface area contributed by atoms with Gasteiger partial charge in [0.1, 0.15) is 24.2 Å². The third-order valence-corrected chi connectivity index (χ3v) is 5.85. The monoisotopic (exact) mass is 570 g/mol. The molecule has 12 N–H and O–H groups in total. The zero-order valence-corrected chi connectivity index (χ0v) is 22.8. The Hall–Kier alpha value is -3.60. The number of imidazole rings is 1. The Kier molecular flexibility index (Phi) is 15.4. The molecule has 0 unspecified atom stereocenters. The number of aliphatic hydroxyl groups is 2. The summed E-state index contributed by atoms with van der Waals surface area (Å²) < 4.78 is 0. The molecule has 0 aliphatic rings. The maximum Gasteiger partial charge on any atom is 0.326 e. The molecule has 0 radical (unpaired) electrons. The summed E-state index contributed by atoms with van der Waals surface area (Å²) in [5, 5.41) is 38.2. The number of unbranched alkanes of at least 4 members (excludes halogenated alkanes) is 1. The average molecular weight is 571 g/mol. The van der Waals surface area contributed by atoms with Gasteiger partial charge in [-0.2, -0.15) is 0 Å². The number of carboxylic acids is 1. The zero-order valence-electron chi connectivity index (χ0n) is 22.8. The van der Waals surface area contributed by atoms with Crippen molar-refractivity contribution < 1.29 is 39.3 Å². The second kappa shape index (κ2) is 17.9. The normalized spacial score (nSPS) is 14.9. The Balaban J connectivity index is 2.86. The number of carbonyl (C=O) groups is 5. The average Bonchev–Trinajstić information content (AvgIpc) is 3.41. The molecule has 0 fully saturated rings. The van der Waals surface area contributed by atoms with Crippen LogP contribution in [0, 0.1) is 5.92 Å². The predicted molar refractivity (Wildman–Crippen MR) is 142 cm³/mol. The Bertz CT molecular complexity index is 959. The van der Waals surface area contributed by atoms with Crippen LogP contribution in [0.3, 0.4) is 0 Å². The summed E-state index contributed by atoms with van der Waals surface area (Å²) in [6, 6.07) is -6.47. The van der Waals surface area contributed by atoms with Crippen molar-refractivity contribution in [1.82, 2.24) is 31.2 Å². The van der Waals surface area contributed by atoms with Gasteiger partial charge < -0.3 is 53.0 Å².